The summed E-state index contributed by atoms with van der Waals surface area (Å²) in [5.41, 5.74) is 4.50. The third-order valence-corrected chi connectivity index (χ3v) is 3.05. The maximum atomic E-state index is 8.95. The lowest BCUT2D eigenvalue weighted by Crippen LogP contribution is -1.88. The first-order valence-corrected chi connectivity index (χ1v) is 6.05. The van der Waals surface area contributed by atoms with Gasteiger partial charge in [-0.2, -0.15) is 5.26 Å². The number of rotatable bonds is 2. The number of hydrogen-bond donors (Lipinski definition) is 1. The minimum absolute atomic E-state index is 0.597. The average Bonchev–Trinajstić information content (AvgIpc) is 3.01. The van der Waals surface area contributed by atoms with E-state index in [9.17, 15) is 0 Å². The highest BCUT2D eigenvalue weighted by Crippen LogP contribution is 2.26. The fraction of sp³-hybridized carbons (Fsp3) is 0.0667. The van der Waals surface area contributed by atoms with E-state index in [0.717, 1.165) is 22.3 Å². The largest absolute Gasteiger partial charge is 0.239 e. The van der Waals surface area contributed by atoms with Crippen molar-refractivity contribution in [2.45, 2.75) is 6.92 Å². The molecule has 20 heavy (non-hydrogen) atoms. The number of nitrogens with one attached hydrogen (secondary N) is 1. The fourth-order valence-electron chi connectivity index (χ4n) is 2.07. The van der Waals surface area contributed by atoms with Crippen molar-refractivity contribution in [2.75, 3.05) is 0 Å². The molecule has 2 aromatic carbocycles. The van der Waals surface area contributed by atoms with Crippen LogP contribution in [0.25, 0.3) is 22.5 Å². The van der Waals surface area contributed by atoms with Crippen LogP contribution in [0.1, 0.15) is 11.1 Å². The minimum atomic E-state index is 0.597. The fourth-order valence-corrected chi connectivity index (χ4v) is 2.07. The predicted molar refractivity (Wildman–Crippen MR) is 73.3 cm³/mol. The maximum absolute atomic E-state index is 8.95. The predicted octanol–water partition coefficient (Wildman–Crippen LogP) is 2.51. The quantitative estimate of drug-likeness (QED) is 0.767. The summed E-state index contributed by atoms with van der Waals surface area (Å²) in [6, 6.07) is 16.7. The van der Waals surface area contributed by atoms with E-state index < -0.39 is 0 Å². The van der Waals surface area contributed by atoms with Gasteiger partial charge < -0.3 is 0 Å². The second-order valence-corrected chi connectivity index (χ2v) is 4.39. The Hall–Kier alpha value is -3.00. The molecule has 1 aromatic heterocycles. The van der Waals surface area contributed by atoms with Gasteiger partial charge in [-0.1, -0.05) is 18.2 Å². The molecule has 0 fully saturated rings. The van der Waals surface area contributed by atoms with Crippen molar-refractivity contribution in [2.24, 2.45) is 0 Å². The number of benzene rings is 2. The van der Waals surface area contributed by atoms with Crippen LogP contribution in [-0.4, -0.2) is 20.6 Å². The van der Waals surface area contributed by atoms with Crippen LogP contribution in [0.4, 0.5) is 0 Å². The van der Waals surface area contributed by atoms with Crippen molar-refractivity contribution >= 4 is 0 Å². The van der Waals surface area contributed by atoms with Crippen molar-refractivity contribution in [1.29, 1.82) is 5.26 Å². The van der Waals surface area contributed by atoms with E-state index in [4.69, 9.17) is 5.26 Å². The summed E-state index contributed by atoms with van der Waals surface area (Å²) >= 11 is 0. The molecule has 3 rings (SSSR count). The first kappa shape index (κ1) is 12.1. The number of aryl methyl sites for hydroxylation is 1. The van der Waals surface area contributed by atoms with Crippen molar-refractivity contribution in [3.05, 3.63) is 53.6 Å². The van der Waals surface area contributed by atoms with Gasteiger partial charge in [0.2, 0.25) is 0 Å². The summed E-state index contributed by atoms with van der Waals surface area (Å²) in [7, 11) is 0. The number of nitrogens with zero attached hydrogens (tertiary/aromatic N) is 4. The molecule has 0 saturated heterocycles. The molecule has 0 amide bonds. The van der Waals surface area contributed by atoms with E-state index in [1.807, 2.05) is 37.3 Å². The SMILES string of the molecule is Cc1cc(-c2cccc(C#N)c2)c[c]c1-c1nnn[nH]1. The normalized spacial score (nSPS) is 10.2. The monoisotopic (exact) mass is 260 g/mol. The summed E-state index contributed by atoms with van der Waals surface area (Å²) < 4.78 is 0. The highest BCUT2D eigenvalue weighted by atomic mass is 15.5. The molecule has 0 aliphatic carbocycles. The first-order chi connectivity index (χ1) is 9.78. The third-order valence-electron chi connectivity index (χ3n) is 3.05. The highest BCUT2D eigenvalue weighted by molar-refractivity contribution is 5.70. The molecule has 0 atom stereocenters. The van der Waals surface area contributed by atoms with Gasteiger partial charge >= 0.3 is 0 Å². The second-order valence-electron chi connectivity index (χ2n) is 4.39. The van der Waals surface area contributed by atoms with Crippen LogP contribution in [0.5, 0.6) is 0 Å². The molecule has 95 valence electrons. The van der Waals surface area contributed by atoms with Gasteiger partial charge in [0.05, 0.1) is 11.6 Å². The Labute approximate surface area is 115 Å². The minimum Gasteiger partial charge on any atom is -0.239 e. The molecule has 0 saturated carbocycles. The Morgan fingerprint density at radius 3 is 2.85 bits per heavy atom. The van der Waals surface area contributed by atoms with Gasteiger partial charge in [0.1, 0.15) is 0 Å². The Balaban J connectivity index is 2.04. The van der Waals surface area contributed by atoms with E-state index >= 15 is 0 Å². The molecular weight excluding hydrogens is 250 g/mol. The van der Waals surface area contributed by atoms with Crippen LogP contribution in [-0.2, 0) is 0 Å². The van der Waals surface area contributed by atoms with Crippen molar-refractivity contribution in [3.63, 3.8) is 0 Å². The summed E-state index contributed by atoms with van der Waals surface area (Å²) in [6.07, 6.45) is 0. The van der Waals surface area contributed by atoms with Crippen LogP contribution < -0.4 is 0 Å². The smallest absolute Gasteiger partial charge is 0.180 e. The molecule has 5 heteroatoms. The molecule has 5 nitrogen and oxygen atoms in total. The zero-order valence-corrected chi connectivity index (χ0v) is 10.8. The van der Waals surface area contributed by atoms with E-state index in [0.29, 0.717) is 11.4 Å². The van der Waals surface area contributed by atoms with Gasteiger partial charge in [-0.05, 0) is 58.3 Å². The van der Waals surface area contributed by atoms with Crippen LogP contribution in [0.3, 0.4) is 0 Å². The standard InChI is InChI=1S/C15H10N5/c1-10-7-13(12-4-2-3-11(8-12)9-16)5-6-14(10)15-17-19-20-18-15/h2-5,7-8H,1H3,(H,17,18,19,20). The van der Waals surface area contributed by atoms with Crippen LogP contribution in [0.15, 0.2) is 36.4 Å². The van der Waals surface area contributed by atoms with Gasteiger partial charge in [-0.15, -0.1) is 5.10 Å². The number of tetrazole rings is 1. The Morgan fingerprint density at radius 2 is 2.15 bits per heavy atom. The van der Waals surface area contributed by atoms with Gasteiger partial charge in [0.25, 0.3) is 0 Å². The lowest BCUT2D eigenvalue weighted by atomic mass is 9.98. The Kier molecular flexibility index (Phi) is 2.98. The number of nitriles is 1. The zero-order valence-electron chi connectivity index (χ0n) is 10.8. The third kappa shape index (κ3) is 2.15. The molecule has 0 unspecified atom stereocenters. The molecule has 1 N–H and O–H groups in total. The summed E-state index contributed by atoms with van der Waals surface area (Å²) in [5.74, 6) is 0.597. The second kappa shape index (κ2) is 4.94. The zero-order chi connectivity index (χ0) is 13.9. The first-order valence-electron chi connectivity index (χ1n) is 6.05. The molecule has 3 aromatic rings. The molecule has 0 aliphatic heterocycles. The molecular formula is C15H10N5. The van der Waals surface area contributed by atoms with Gasteiger partial charge in [-0.3, -0.25) is 0 Å². The van der Waals surface area contributed by atoms with Crippen molar-refractivity contribution in [1.82, 2.24) is 20.6 Å². The lowest BCUT2D eigenvalue weighted by Gasteiger charge is -2.06. The van der Waals surface area contributed by atoms with Gasteiger partial charge in [0, 0.05) is 5.56 Å². The molecule has 0 bridgehead atoms. The van der Waals surface area contributed by atoms with Crippen LogP contribution >= 0.6 is 0 Å². The van der Waals surface area contributed by atoms with Crippen molar-refractivity contribution < 1.29 is 0 Å². The lowest BCUT2D eigenvalue weighted by molar-refractivity contribution is 0.881. The Morgan fingerprint density at radius 1 is 1.25 bits per heavy atom. The van der Waals surface area contributed by atoms with Gasteiger partial charge in [0.15, 0.2) is 5.82 Å². The Bertz CT molecular complexity index is 784. The summed E-state index contributed by atoms with van der Waals surface area (Å²) in [4.78, 5) is 0. The summed E-state index contributed by atoms with van der Waals surface area (Å²) in [6.45, 7) is 1.98. The van der Waals surface area contributed by atoms with Gasteiger partial charge in [-0.25, -0.2) is 5.10 Å². The number of H-pyrrole nitrogens is 1. The van der Waals surface area contributed by atoms with Crippen molar-refractivity contribution in [3.8, 4) is 28.6 Å². The van der Waals surface area contributed by atoms with E-state index in [-0.39, 0.29) is 0 Å². The topological polar surface area (TPSA) is 78.2 Å². The highest BCUT2D eigenvalue weighted by Gasteiger charge is 2.08. The number of aromatic amines is 1. The van der Waals surface area contributed by atoms with Crippen LogP contribution in [0, 0.1) is 24.3 Å². The van der Waals surface area contributed by atoms with Crippen LogP contribution in [0.2, 0.25) is 0 Å². The summed E-state index contributed by atoms with van der Waals surface area (Å²) in [5, 5.41) is 22.7. The number of aromatic nitrogens is 4. The molecule has 1 heterocycles. The van der Waals surface area contributed by atoms with E-state index in [2.05, 4.69) is 32.8 Å². The molecule has 1 radical (unpaired) electrons. The van der Waals surface area contributed by atoms with E-state index in [1.54, 1.807) is 6.07 Å². The number of hydrogen-bond acceptors (Lipinski definition) is 4. The maximum Gasteiger partial charge on any atom is 0.180 e. The molecule has 0 aliphatic rings. The average molecular weight is 260 g/mol. The molecule has 0 spiro atoms. The van der Waals surface area contributed by atoms with E-state index in [1.165, 1.54) is 0 Å².